The van der Waals surface area contributed by atoms with Crippen molar-refractivity contribution in [1.82, 2.24) is 14.8 Å². The van der Waals surface area contributed by atoms with Crippen LogP contribution in [0, 0.1) is 5.82 Å². The van der Waals surface area contributed by atoms with E-state index in [-0.39, 0.29) is 5.91 Å². The van der Waals surface area contributed by atoms with Crippen molar-refractivity contribution < 1.29 is 9.18 Å². The fraction of sp³-hybridized carbons (Fsp3) is 0.500. The van der Waals surface area contributed by atoms with Crippen molar-refractivity contribution in [2.75, 3.05) is 32.7 Å². The summed E-state index contributed by atoms with van der Waals surface area (Å²) in [5.41, 5.74) is 1.63. The van der Waals surface area contributed by atoms with Crippen LogP contribution in [0.4, 0.5) is 4.39 Å². The van der Waals surface area contributed by atoms with Crippen LogP contribution in [0.2, 0.25) is 0 Å². The molecule has 1 aromatic heterocycles. The summed E-state index contributed by atoms with van der Waals surface area (Å²) in [6.45, 7) is 8.31. The van der Waals surface area contributed by atoms with Gasteiger partial charge in [-0.25, -0.2) is 4.39 Å². The number of halogens is 1. The Bertz CT molecular complexity index is 526. The molecule has 0 spiro atoms. The summed E-state index contributed by atoms with van der Waals surface area (Å²) >= 11 is 0. The summed E-state index contributed by atoms with van der Waals surface area (Å²) in [6, 6.07) is 1.25. The van der Waals surface area contributed by atoms with Crippen LogP contribution in [0.1, 0.15) is 30.6 Å². The largest absolute Gasteiger partial charge is 0.337 e. The van der Waals surface area contributed by atoms with Crippen molar-refractivity contribution in [2.24, 2.45) is 0 Å². The molecule has 1 saturated heterocycles. The number of pyridine rings is 1. The quantitative estimate of drug-likeness (QED) is 0.802. The lowest BCUT2D eigenvalue weighted by atomic mass is 10.2. The molecule has 0 unspecified atom stereocenters. The van der Waals surface area contributed by atoms with Gasteiger partial charge in [0.25, 0.3) is 5.91 Å². The van der Waals surface area contributed by atoms with Crippen LogP contribution >= 0.6 is 0 Å². The fourth-order valence-electron chi connectivity index (χ4n) is 2.38. The van der Waals surface area contributed by atoms with Crippen molar-refractivity contribution in [3.05, 3.63) is 41.5 Å². The number of hydrogen-bond donors (Lipinski definition) is 0. The molecule has 0 atom stereocenters. The van der Waals surface area contributed by atoms with Crippen LogP contribution in [-0.2, 0) is 0 Å². The van der Waals surface area contributed by atoms with Crippen LogP contribution < -0.4 is 0 Å². The van der Waals surface area contributed by atoms with Crippen molar-refractivity contribution >= 4 is 5.91 Å². The van der Waals surface area contributed by atoms with E-state index in [4.69, 9.17) is 0 Å². The van der Waals surface area contributed by atoms with Crippen LogP contribution in [0.15, 0.2) is 30.1 Å². The lowest BCUT2D eigenvalue weighted by Gasteiger charge is -2.21. The first-order chi connectivity index (χ1) is 10.1. The second-order valence-electron chi connectivity index (χ2n) is 5.62. The van der Waals surface area contributed by atoms with E-state index in [0.29, 0.717) is 18.7 Å². The first-order valence-corrected chi connectivity index (χ1v) is 7.32. The SMILES string of the molecule is CC(C)=CCN1CCCN(C(=O)c2cncc(F)c2)CC1. The highest BCUT2D eigenvalue weighted by Gasteiger charge is 2.20. The third kappa shape index (κ3) is 4.63. The third-order valence-electron chi connectivity index (χ3n) is 3.59. The number of aromatic nitrogens is 1. The van der Waals surface area contributed by atoms with E-state index in [1.807, 2.05) is 0 Å². The molecule has 4 nitrogen and oxygen atoms in total. The molecule has 1 aliphatic rings. The number of allylic oxidation sites excluding steroid dienone is 1. The Morgan fingerprint density at radius 3 is 2.81 bits per heavy atom. The second kappa shape index (κ2) is 7.31. The molecule has 5 heteroatoms. The molecular weight excluding hydrogens is 269 g/mol. The van der Waals surface area contributed by atoms with Gasteiger partial charge >= 0.3 is 0 Å². The Morgan fingerprint density at radius 1 is 1.29 bits per heavy atom. The highest BCUT2D eigenvalue weighted by Crippen LogP contribution is 2.10. The molecule has 2 heterocycles. The van der Waals surface area contributed by atoms with E-state index >= 15 is 0 Å². The lowest BCUT2D eigenvalue weighted by molar-refractivity contribution is 0.0761. The molecule has 114 valence electrons. The Balaban J connectivity index is 1.96. The number of carbonyl (C=O) groups is 1. The molecule has 0 N–H and O–H groups in total. The van der Waals surface area contributed by atoms with Gasteiger partial charge in [0.2, 0.25) is 0 Å². The molecule has 0 aromatic carbocycles. The average molecular weight is 291 g/mol. The summed E-state index contributed by atoms with van der Waals surface area (Å²) in [7, 11) is 0. The van der Waals surface area contributed by atoms with Gasteiger partial charge in [-0.05, 0) is 26.3 Å². The smallest absolute Gasteiger partial charge is 0.255 e. The number of rotatable bonds is 3. The summed E-state index contributed by atoms with van der Waals surface area (Å²) in [6.07, 6.45) is 5.68. The van der Waals surface area contributed by atoms with Gasteiger partial charge in [0, 0.05) is 38.9 Å². The topological polar surface area (TPSA) is 36.4 Å². The predicted octanol–water partition coefficient (Wildman–Crippen LogP) is 2.33. The van der Waals surface area contributed by atoms with Crippen molar-refractivity contribution in [3.63, 3.8) is 0 Å². The maximum Gasteiger partial charge on any atom is 0.255 e. The van der Waals surface area contributed by atoms with Gasteiger partial charge in [0.05, 0.1) is 11.8 Å². The third-order valence-corrected chi connectivity index (χ3v) is 3.59. The van der Waals surface area contributed by atoms with Gasteiger partial charge in [-0.15, -0.1) is 0 Å². The van der Waals surface area contributed by atoms with Gasteiger partial charge in [-0.3, -0.25) is 14.7 Å². The normalized spacial score (nSPS) is 16.4. The van der Waals surface area contributed by atoms with Gasteiger partial charge in [-0.1, -0.05) is 11.6 Å². The maximum absolute atomic E-state index is 13.2. The fourth-order valence-corrected chi connectivity index (χ4v) is 2.38. The molecule has 0 aliphatic carbocycles. The zero-order valence-corrected chi connectivity index (χ0v) is 12.7. The predicted molar refractivity (Wildman–Crippen MR) is 80.6 cm³/mol. The number of carbonyl (C=O) groups excluding carboxylic acids is 1. The minimum absolute atomic E-state index is 0.133. The minimum atomic E-state index is -0.471. The van der Waals surface area contributed by atoms with E-state index in [9.17, 15) is 9.18 Å². The number of nitrogens with zero attached hydrogens (tertiary/aromatic N) is 3. The van der Waals surface area contributed by atoms with Crippen LogP contribution in [0.3, 0.4) is 0 Å². The van der Waals surface area contributed by atoms with E-state index < -0.39 is 5.82 Å². The summed E-state index contributed by atoms with van der Waals surface area (Å²) in [5, 5.41) is 0. The highest BCUT2D eigenvalue weighted by atomic mass is 19.1. The second-order valence-corrected chi connectivity index (χ2v) is 5.62. The minimum Gasteiger partial charge on any atom is -0.337 e. The molecule has 2 rings (SSSR count). The van der Waals surface area contributed by atoms with Gasteiger partial charge in [-0.2, -0.15) is 0 Å². The molecule has 0 saturated carbocycles. The first kappa shape index (κ1) is 15.6. The molecule has 1 fully saturated rings. The molecule has 21 heavy (non-hydrogen) atoms. The van der Waals surface area contributed by atoms with Gasteiger partial charge in [0.1, 0.15) is 5.82 Å². The Morgan fingerprint density at radius 2 is 2.10 bits per heavy atom. The molecule has 0 bridgehead atoms. The van der Waals surface area contributed by atoms with E-state index in [0.717, 1.165) is 32.3 Å². The first-order valence-electron chi connectivity index (χ1n) is 7.32. The summed E-state index contributed by atoms with van der Waals surface area (Å²) < 4.78 is 13.2. The Hall–Kier alpha value is -1.75. The van der Waals surface area contributed by atoms with Gasteiger partial charge < -0.3 is 4.90 Å². The van der Waals surface area contributed by atoms with Crippen LogP contribution in [0.5, 0.6) is 0 Å². The zero-order chi connectivity index (χ0) is 15.2. The molecule has 0 radical (unpaired) electrons. The Labute approximate surface area is 125 Å². The maximum atomic E-state index is 13.2. The lowest BCUT2D eigenvalue weighted by Crippen LogP contribution is -2.35. The van der Waals surface area contributed by atoms with E-state index in [1.54, 1.807) is 4.90 Å². The standard InChI is InChI=1S/C16H22FN3O/c1-13(2)4-7-19-5-3-6-20(9-8-19)16(21)14-10-15(17)12-18-11-14/h4,10-12H,3,5-9H2,1-2H3. The molecule has 1 amide bonds. The number of hydrogen-bond acceptors (Lipinski definition) is 3. The van der Waals surface area contributed by atoms with E-state index in [1.165, 1.54) is 17.8 Å². The zero-order valence-electron chi connectivity index (χ0n) is 12.7. The van der Waals surface area contributed by atoms with Crippen molar-refractivity contribution in [2.45, 2.75) is 20.3 Å². The van der Waals surface area contributed by atoms with Gasteiger partial charge in [0.15, 0.2) is 0 Å². The van der Waals surface area contributed by atoms with E-state index in [2.05, 4.69) is 29.8 Å². The van der Waals surface area contributed by atoms with Crippen molar-refractivity contribution in [1.29, 1.82) is 0 Å². The summed E-state index contributed by atoms with van der Waals surface area (Å²) in [4.78, 5) is 20.2. The van der Waals surface area contributed by atoms with Crippen molar-refractivity contribution in [3.8, 4) is 0 Å². The monoisotopic (exact) mass is 291 g/mol. The molecule has 1 aliphatic heterocycles. The summed E-state index contributed by atoms with van der Waals surface area (Å²) in [5.74, 6) is -0.605. The molecule has 1 aromatic rings. The number of amides is 1. The Kier molecular flexibility index (Phi) is 5.44. The molecular formula is C16H22FN3O. The average Bonchev–Trinajstić information content (AvgIpc) is 2.70. The van der Waals surface area contributed by atoms with Crippen LogP contribution in [-0.4, -0.2) is 53.4 Å². The highest BCUT2D eigenvalue weighted by molar-refractivity contribution is 5.93. The van der Waals surface area contributed by atoms with Crippen LogP contribution in [0.25, 0.3) is 0 Å².